The van der Waals surface area contributed by atoms with Gasteiger partial charge in [-0.05, 0) is 56.2 Å². The molecular weight excluding hydrogens is 400 g/mol. The maximum absolute atomic E-state index is 13.0. The largest absolute Gasteiger partial charge is 0.465 e. The van der Waals surface area contributed by atoms with Gasteiger partial charge in [0, 0.05) is 22.4 Å². The number of hydrogen-bond acceptors (Lipinski definition) is 4. The minimum Gasteiger partial charge on any atom is -0.465 e. The Bertz CT molecular complexity index is 1200. The summed E-state index contributed by atoms with van der Waals surface area (Å²) in [6.45, 7) is 9.90. The number of amides is 1. The Morgan fingerprint density at radius 3 is 2.38 bits per heavy atom. The summed E-state index contributed by atoms with van der Waals surface area (Å²) in [7, 11) is 1.33. The summed E-state index contributed by atoms with van der Waals surface area (Å²) in [4.78, 5) is 29.3. The summed E-state index contributed by atoms with van der Waals surface area (Å²) in [6.07, 6.45) is 5.75. The normalized spacial score (nSPS) is 15.8. The van der Waals surface area contributed by atoms with Crippen LogP contribution in [-0.4, -0.2) is 24.7 Å². The first-order valence-electron chi connectivity index (χ1n) is 10.2. The molecule has 162 valence electrons. The molecule has 5 nitrogen and oxygen atoms in total. The van der Waals surface area contributed by atoms with Gasteiger partial charge in [0.1, 0.15) is 0 Å². The van der Waals surface area contributed by atoms with Crippen LogP contribution in [0.3, 0.4) is 0 Å². The van der Waals surface area contributed by atoms with Crippen molar-refractivity contribution in [1.29, 1.82) is 0 Å². The number of aryl methyl sites for hydroxylation is 1. The van der Waals surface area contributed by atoms with Crippen LogP contribution in [0.4, 0.5) is 5.69 Å². The fourth-order valence-corrected chi connectivity index (χ4v) is 3.36. The summed E-state index contributed by atoms with van der Waals surface area (Å²) in [5.74, 6) is -0.676. The van der Waals surface area contributed by atoms with Crippen molar-refractivity contribution in [1.82, 2.24) is 0 Å². The fraction of sp³-hybridized carbons (Fsp3) is 0.148. The summed E-state index contributed by atoms with van der Waals surface area (Å²) < 4.78 is 4.70. The summed E-state index contributed by atoms with van der Waals surface area (Å²) in [5.41, 5.74) is 6.63. The lowest BCUT2D eigenvalue weighted by Crippen LogP contribution is -2.18. The molecule has 2 aromatic rings. The fourth-order valence-electron chi connectivity index (χ4n) is 3.36. The minimum atomic E-state index is -0.425. The molecule has 3 rings (SSSR count). The van der Waals surface area contributed by atoms with Crippen LogP contribution in [0.15, 0.2) is 95.0 Å². The molecular formula is C27H26N2O3. The van der Waals surface area contributed by atoms with Crippen LogP contribution < -0.4 is 5.32 Å². The van der Waals surface area contributed by atoms with Gasteiger partial charge in [-0.25, -0.2) is 9.79 Å². The number of hydrogen-bond donors (Lipinski definition) is 1. The van der Waals surface area contributed by atoms with E-state index in [1.54, 1.807) is 31.2 Å². The lowest BCUT2D eigenvalue weighted by molar-refractivity contribution is -0.112. The van der Waals surface area contributed by atoms with Crippen molar-refractivity contribution in [2.45, 2.75) is 20.8 Å². The molecule has 0 aromatic heterocycles. The Balaban J connectivity index is 1.89. The quantitative estimate of drug-likeness (QED) is 0.495. The molecule has 1 aliphatic carbocycles. The van der Waals surface area contributed by atoms with Crippen LogP contribution in [0.25, 0.3) is 5.70 Å². The monoisotopic (exact) mass is 426 g/mol. The highest BCUT2D eigenvalue weighted by atomic mass is 16.5. The third-order valence-electron chi connectivity index (χ3n) is 5.25. The first-order valence-corrected chi connectivity index (χ1v) is 10.2. The molecule has 0 saturated carbocycles. The number of anilines is 1. The minimum absolute atomic E-state index is 0.251. The standard InChI is InChI=1S/C27H26N2O3/c1-17-9-6-7-11-23(17)20(4)28-25-18(2)10-8-12-24(25)19(3)26(30)29-22-15-13-21(14-16-22)27(31)32-5/h6-16H,4H2,1-3,5H3,(H,29,30)/b24-19+,28-25?. The van der Waals surface area contributed by atoms with E-state index in [9.17, 15) is 9.59 Å². The number of nitrogens with one attached hydrogen (secondary N) is 1. The molecule has 1 aliphatic rings. The second-order valence-corrected chi connectivity index (χ2v) is 7.49. The average Bonchev–Trinajstić information content (AvgIpc) is 2.80. The highest BCUT2D eigenvalue weighted by molar-refractivity contribution is 6.21. The van der Waals surface area contributed by atoms with Crippen molar-refractivity contribution in [3.05, 3.63) is 107 Å². The number of methoxy groups -OCH3 is 1. The van der Waals surface area contributed by atoms with Crippen LogP contribution in [0.1, 0.15) is 35.3 Å². The Kier molecular flexibility index (Phi) is 7.00. The Morgan fingerprint density at radius 2 is 1.72 bits per heavy atom. The highest BCUT2D eigenvalue weighted by Gasteiger charge is 2.18. The first kappa shape index (κ1) is 22.7. The van der Waals surface area contributed by atoms with Gasteiger partial charge >= 0.3 is 5.97 Å². The lowest BCUT2D eigenvalue weighted by Gasteiger charge is -2.17. The molecule has 0 fully saturated rings. The average molecular weight is 427 g/mol. The van der Waals surface area contributed by atoms with Crippen LogP contribution in [-0.2, 0) is 9.53 Å². The van der Waals surface area contributed by atoms with Gasteiger partial charge in [-0.3, -0.25) is 4.79 Å². The van der Waals surface area contributed by atoms with Crippen LogP contribution in [0, 0.1) is 6.92 Å². The number of carbonyl (C=O) groups is 2. The molecule has 0 saturated heterocycles. The van der Waals surface area contributed by atoms with Gasteiger partial charge in [0.25, 0.3) is 5.91 Å². The third-order valence-corrected chi connectivity index (χ3v) is 5.25. The van der Waals surface area contributed by atoms with E-state index in [4.69, 9.17) is 9.73 Å². The molecule has 2 aromatic carbocycles. The molecule has 5 heteroatoms. The molecule has 1 amide bonds. The van der Waals surface area contributed by atoms with Gasteiger partial charge in [-0.15, -0.1) is 0 Å². The van der Waals surface area contributed by atoms with Crippen LogP contribution in [0.5, 0.6) is 0 Å². The molecule has 1 N–H and O–H groups in total. The zero-order valence-corrected chi connectivity index (χ0v) is 18.7. The number of nitrogens with zero attached hydrogens (tertiary/aromatic N) is 1. The van der Waals surface area contributed by atoms with E-state index in [0.29, 0.717) is 22.5 Å². The topological polar surface area (TPSA) is 67.8 Å². The van der Waals surface area contributed by atoms with Crippen molar-refractivity contribution in [2.75, 3.05) is 12.4 Å². The molecule has 0 aliphatic heterocycles. The molecule has 0 radical (unpaired) electrons. The zero-order valence-electron chi connectivity index (χ0n) is 18.7. The molecule has 0 bridgehead atoms. The Labute approximate surface area is 188 Å². The maximum Gasteiger partial charge on any atom is 0.337 e. The Morgan fingerprint density at radius 1 is 1.03 bits per heavy atom. The van der Waals surface area contributed by atoms with Crippen molar-refractivity contribution in [3.8, 4) is 0 Å². The Hall–Kier alpha value is -3.99. The van der Waals surface area contributed by atoms with E-state index in [2.05, 4.69) is 11.9 Å². The van der Waals surface area contributed by atoms with Gasteiger partial charge in [0.15, 0.2) is 0 Å². The third kappa shape index (κ3) is 5.01. The summed E-state index contributed by atoms with van der Waals surface area (Å²) in [6, 6.07) is 14.5. The van der Waals surface area contributed by atoms with Gasteiger partial charge in [-0.1, -0.05) is 49.1 Å². The van der Waals surface area contributed by atoms with Gasteiger partial charge in [0.2, 0.25) is 0 Å². The van der Waals surface area contributed by atoms with Gasteiger partial charge in [-0.2, -0.15) is 0 Å². The predicted octanol–water partition coefficient (Wildman–Crippen LogP) is 5.66. The van der Waals surface area contributed by atoms with Crippen molar-refractivity contribution < 1.29 is 14.3 Å². The molecule has 0 unspecified atom stereocenters. The van der Waals surface area contributed by atoms with Crippen LogP contribution in [0.2, 0.25) is 0 Å². The number of benzene rings is 2. The molecule has 0 spiro atoms. The zero-order chi connectivity index (χ0) is 23.3. The van der Waals surface area contributed by atoms with Crippen molar-refractivity contribution in [3.63, 3.8) is 0 Å². The second kappa shape index (κ2) is 9.88. The van der Waals surface area contributed by atoms with E-state index in [1.807, 2.05) is 56.3 Å². The number of rotatable bonds is 5. The van der Waals surface area contributed by atoms with E-state index in [1.165, 1.54) is 7.11 Å². The van der Waals surface area contributed by atoms with Crippen LogP contribution >= 0.6 is 0 Å². The van der Waals surface area contributed by atoms with Crippen molar-refractivity contribution >= 4 is 29.0 Å². The first-order chi connectivity index (χ1) is 15.3. The molecule has 32 heavy (non-hydrogen) atoms. The molecule has 0 heterocycles. The van der Waals surface area contributed by atoms with Gasteiger partial charge in [0.05, 0.1) is 24.1 Å². The van der Waals surface area contributed by atoms with Crippen molar-refractivity contribution in [2.24, 2.45) is 4.99 Å². The number of allylic oxidation sites excluding steroid dienone is 5. The van der Waals surface area contributed by atoms with E-state index < -0.39 is 5.97 Å². The SMILES string of the molecule is C=C(N=C1C(C)=CC=C/C1=C(/C)C(=O)Nc1ccc(C(=O)OC)cc1)c1ccccc1C. The summed E-state index contributed by atoms with van der Waals surface area (Å²) in [5, 5.41) is 2.87. The van der Waals surface area contributed by atoms with Gasteiger partial charge < -0.3 is 10.1 Å². The maximum atomic E-state index is 13.0. The second-order valence-electron chi connectivity index (χ2n) is 7.49. The smallest absolute Gasteiger partial charge is 0.337 e. The highest BCUT2D eigenvalue weighted by Crippen LogP contribution is 2.25. The number of esters is 1. The van der Waals surface area contributed by atoms with E-state index >= 15 is 0 Å². The summed E-state index contributed by atoms with van der Waals surface area (Å²) >= 11 is 0. The van der Waals surface area contributed by atoms with E-state index in [-0.39, 0.29) is 5.91 Å². The number of carbonyl (C=O) groups excluding carboxylic acids is 2. The number of aliphatic imine (C=N–C) groups is 1. The molecule has 0 atom stereocenters. The number of ether oxygens (including phenoxy) is 1. The van der Waals surface area contributed by atoms with E-state index in [0.717, 1.165) is 28.0 Å². The predicted molar refractivity (Wildman–Crippen MR) is 130 cm³/mol. The lowest BCUT2D eigenvalue weighted by atomic mass is 9.93.